The molecule has 1 aromatic heterocycles. The molecule has 0 radical (unpaired) electrons. The summed E-state index contributed by atoms with van der Waals surface area (Å²) in [7, 11) is 0. The lowest BCUT2D eigenvalue weighted by Gasteiger charge is -2.10. The highest BCUT2D eigenvalue weighted by molar-refractivity contribution is 6.03. The van der Waals surface area contributed by atoms with Gasteiger partial charge >= 0.3 is 11.9 Å². The molecule has 3 N–H and O–H groups in total. The number of carboxylic acids is 2. The number of benzene rings is 1. The van der Waals surface area contributed by atoms with Crippen molar-refractivity contribution in [2.45, 2.75) is 12.6 Å². The fraction of sp³-hybridized carbons (Fsp3) is 0.125. The molecule has 124 valence electrons. The van der Waals surface area contributed by atoms with Crippen LogP contribution in [-0.4, -0.2) is 39.1 Å². The van der Waals surface area contributed by atoms with Crippen LogP contribution in [0.1, 0.15) is 16.1 Å². The van der Waals surface area contributed by atoms with E-state index in [1.165, 1.54) is 18.3 Å². The molecule has 1 heterocycles. The van der Waals surface area contributed by atoms with Crippen molar-refractivity contribution < 1.29 is 29.3 Å². The third kappa shape index (κ3) is 4.54. The van der Waals surface area contributed by atoms with Gasteiger partial charge in [-0.15, -0.1) is 0 Å². The molecule has 0 fully saturated rings. The first-order chi connectivity index (χ1) is 11.5. The van der Waals surface area contributed by atoms with Gasteiger partial charge in [0, 0.05) is 0 Å². The van der Waals surface area contributed by atoms with E-state index in [9.17, 15) is 14.4 Å². The predicted octanol–water partition coefficient (Wildman–Crippen LogP) is 0.928. The van der Waals surface area contributed by atoms with Crippen molar-refractivity contribution in [1.82, 2.24) is 10.3 Å². The first-order valence-electron chi connectivity index (χ1n) is 6.86. The summed E-state index contributed by atoms with van der Waals surface area (Å²) in [6.07, 6.45) is 1.30. The smallest absolute Gasteiger partial charge is 0.338 e. The minimum atomic E-state index is -2.03. The molecule has 0 aliphatic carbocycles. The van der Waals surface area contributed by atoms with Crippen molar-refractivity contribution in [2.75, 3.05) is 0 Å². The van der Waals surface area contributed by atoms with Gasteiger partial charge in [-0.05, 0) is 17.7 Å². The van der Waals surface area contributed by atoms with E-state index in [2.05, 4.69) is 4.98 Å². The largest absolute Gasteiger partial charge is 0.487 e. The molecule has 0 bridgehead atoms. The number of nitrogens with zero attached hydrogens (tertiary/aromatic N) is 1. The number of carbonyl (C=O) groups excluding carboxylic acids is 1. The van der Waals surface area contributed by atoms with Crippen LogP contribution in [0, 0.1) is 0 Å². The summed E-state index contributed by atoms with van der Waals surface area (Å²) in [5.74, 6) is -3.82. The van der Waals surface area contributed by atoms with Gasteiger partial charge in [0.1, 0.15) is 18.1 Å². The fourth-order valence-corrected chi connectivity index (χ4v) is 1.78. The summed E-state index contributed by atoms with van der Waals surface area (Å²) in [4.78, 5) is 37.1. The van der Waals surface area contributed by atoms with Gasteiger partial charge in [-0.1, -0.05) is 30.3 Å². The van der Waals surface area contributed by atoms with Crippen LogP contribution in [0.4, 0.5) is 0 Å². The molecule has 2 aromatic rings. The maximum absolute atomic E-state index is 11.8. The number of hydrogen-bond acceptors (Lipinski definition) is 5. The van der Waals surface area contributed by atoms with E-state index >= 15 is 0 Å². The summed E-state index contributed by atoms with van der Waals surface area (Å²) in [5.41, 5.74) is 0.847. The minimum Gasteiger partial charge on any atom is -0.487 e. The van der Waals surface area contributed by atoms with Crippen LogP contribution < -0.4 is 10.1 Å². The van der Waals surface area contributed by atoms with E-state index in [0.717, 1.165) is 5.56 Å². The Morgan fingerprint density at radius 1 is 1.04 bits per heavy atom. The first-order valence-corrected chi connectivity index (χ1v) is 6.86. The van der Waals surface area contributed by atoms with Gasteiger partial charge in [-0.2, -0.15) is 0 Å². The van der Waals surface area contributed by atoms with Gasteiger partial charge in [-0.3, -0.25) is 4.79 Å². The monoisotopic (exact) mass is 330 g/mol. The number of hydrogen-bond donors (Lipinski definition) is 3. The summed E-state index contributed by atoms with van der Waals surface area (Å²) in [6.45, 7) is 0.328. The van der Waals surface area contributed by atoms with Crippen molar-refractivity contribution in [3.63, 3.8) is 0 Å². The third-order valence-corrected chi connectivity index (χ3v) is 2.99. The molecule has 0 aliphatic rings. The zero-order valence-electron chi connectivity index (χ0n) is 12.4. The summed E-state index contributed by atoms with van der Waals surface area (Å²) < 4.78 is 5.50. The predicted molar refractivity (Wildman–Crippen MR) is 81.5 cm³/mol. The normalized spacial score (nSPS) is 10.2. The van der Waals surface area contributed by atoms with Gasteiger partial charge < -0.3 is 20.3 Å². The van der Waals surface area contributed by atoms with Crippen LogP contribution in [0.25, 0.3) is 0 Å². The van der Waals surface area contributed by atoms with Gasteiger partial charge in [0.05, 0.1) is 6.20 Å². The highest BCUT2D eigenvalue weighted by atomic mass is 16.5. The number of carbonyl (C=O) groups is 3. The van der Waals surface area contributed by atoms with Crippen molar-refractivity contribution in [1.29, 1.82) is 0 Å². The number of rotatable bonds is 7. The first kappa shape index (κ1) is 16.9. The Balaban J connectivity index is 1.97. The Hall–Kier alpha value is -3.42. The molecule has 0 unspecified atom stereocenters. The zero-order chi connectivity index (χ0) is 17.5. The Kier molecular flexibility index (Phi) is 5.45. The van der Waals surface area contributed by atoms with E-state index in [1.807, 2.05) is 35.6 Å². The number of pyridine rings is 1. The second kappa shape index (κ2) is 7.73. The average Bonchev–Trinajstić information content (AvgIpc) is 2.58. The number of amides is 1. The maximum Gasteiger partial charge on any atom is 0.338 e. The molecule has 1 aromatic carbocycles. The molecular formula is C16H14N2O6. The van der Waals surface area contributed by atoms with E-state index in [1.54, 1.807) is 0 Å². The van der Waals surface area contributed by atoms with Crippen LogP contribution in [0.15, 0.2) is 48.7 Å². The summed E-state index contributed by atoms with van der Waals surface area (Å²) in [6, 6.07) is 10.2. The van der Waals surface area contributed by atoms with E-state index < -0.39 is 23.9 Å². The van der Waals surface area contributed by atoms with Crippen LogP contribution in [0.2, 0.25) is 0 Å². The third-order valence-electron chi connectivity index (χ3n) is 2.99. The fourth-order valence-electron chi connectivity index (χ4n) is 1.78. The van der Waals surface area contributed by atoms with Gasteiger partial charge in [0.2, 0.25) is 6.04 Å². The zero-order valence-corrected chi connectivity index (χ0v) is 12.4. The SMILES string of the molecule is O=C(NC(C(=O)O)C(=O)O)c1ccc(OCc2ccccc2)cn1. The second-order valence-electron chi connectivity index (χ2n) is 4.74. The quantitative estimate of drug-likeness (QED) is 0.645. The molecule has 24 heavy (non-hydrogen) atoms. The molecule has 2 rings (SSSR count). The Bertz CT molecular complexity index is 716. The lowest BCUT2D eigenvalue weighted by Crippen LogP contribution is -2.46. The molecule has 1 amide bonds. The Morgan fingerprint density at radius 2 is 1.71 bits per heavy atom. The molecule has 0 atom stereocenters. The molecular weight excluding hydrogens is 316 g/mol. The van der Waals surface area contributed by atoms with E-state index in [-0.39, 0.29) is 5.69 Å². The highest BCUT2D eigenvalue weighted by Gasteiger charge is 2.28. The molecule has 8 nitrogen and oxygen atoms in total. The summed E-state index contributed by atoms with van der Waals surface area (Å²) >= 11 is 0. The molecule has 0 saturated carbocycles. The lowest BCUT2D eigenvalue weighted by molar-refractivity contribution is -0.150. The van der Waals surface area contributed by atoms with Crippen LogP contribution >= 0.6 is 0 Å². The van der Waals surface area contributed by atoms with E-state index in [0.29, 0.717) is 12.4 Å². The maximum atomic E-state index is 11.8. The van der Waals surface area contributed by atoms with E-state index in [4.69, 9.17) is 14.9 Å². The van der Waals surface area contributed by atoms with Crippen LogP contribution in [-0.2, 0) is 16.2 Å². The molecule has 0 aliphatic heterocycles. The van der Waals surface area contributed by atoms with Gasteiger partial charge in [-0.25, -0.2) is 14.6 Å². The molecule has 0 spiro atoms. The number of ether oxygens (including phenoxy) is 1. The standard InChI is InChI=1S/C16H14N2O6/c19-14(18-13(15(20)21)16(22)23)12-7-6-11(8-17-12)24-9-10-4-2-1-3-5-10/h1-8,13H,9H2,(H,18,19)(H,20,21)(H,22,23). The molecule has 8 heteroatoms. The minimum absolute atomic E-state index is 0.116. The van der Waals surface area contributed by atoms with Crippen LogP contribution in [0.3, 0.4) is 0 Å². The Labute approximate surface area is 136 Å². The van der Waals surface area contributed by atoms with Crippen molar-refractivity contribution in [3.05, 3.63) is 59.9 Å². The number of nitrogens with one attached hydrogen (secondary N) is 1. The number of aromatic nitrogens is 1. The second-order valence-corrected chi connectivity index (χ2v) is 4.74. The van der Waals surface area contributed by atoms with Crippen molar-refractivity contribution in [3.8, 4) is 5.75 Å². The highest BCUT2D eigenvalue weighted by Crippen LogP contribution is 2.12. The average molecular weight is 330 g/mol. The Morgan fingerprint density at radius 3 is 2.25 bits per heavy atom. The molecule has 0 saturated heterocycles. The van der Waals surface area contributed by atoms with Crippen molar-refractivity contribution in [2.24, 2.45) is 0 Å². The van der Waals surface area contributed by atoms with Gasteiger partial charge in [0.15, 0.2) is 0 Å². The van der Waals surface area contributed by atoms with Crippen LogP contribution in [0.5, 0.6) is 5.75 Å². The topological polar surface area (TPSA) is 126 Å². The van der Waals surface area contributed by atoms with Gasteiger partial charge in [0.25, 0.3) is 5.91 Å². The summed E-state index contributed by atoms with van der Waals surface area (Å²) in [5, 5.41) is 19.3. The number of carboxylic acid groups (broad SMARTS) is 2. The number of aliphatic carboxylic acids is 2. The lowest BCUT2D eigenvalue weighted by atomic mass is 10.2. The van der Waals surface area contributed by atoms with Crippen molar-refractivity contribution >= 4 is 17.8 Å².